The van der Waals surface area contributed by atoms with Crippen molar-refractivity contribution in [2.75, 3.05) is 6.61 Å². The molecule has 0 spiro atoms. The summed E-state index contributed by atoms with van der Waals surface area (Å²) < 4.78 is 11.5. The number of hydrogen-bond donors (Lipinski definition) is 1. The SMILES string of the molecule is CC(C)[C@H]1COC(=O)N1C(=O)[C@H](C)C1NC(=O)C1[C@@H](C)O[Si](C)(C)C(C)(C)C. The fourth-order valence-electron chi connectivity index (χ4n) is 3.63. The monoisotopic (exact) mass is 412 g/mol. The van der Waals surface area contributed by atoms with E-state index in [0.717, 1.165) is 0 Å². The highest BCUT2D eigenvalue weighted by Crippen LogP contribution is 2.39. The average Bonchev–Trinajstić information content (AvgIpc) is 2.91. The minimum atomic E-state index is -2.05. The first kappa shape index (κ1) is 22.9. The number of amides is 3. The predicted octanol–water partition coefficient (Wildman–Crippen LogP) is 3.15. The molecule has 2 fully saturated rings. The fraction of sp³-hybridized carbons (Fsp3) is 0.850. The number of nitrogens with one attached hydrogen (secondary N) is 1. The normalized spacial score (nSPS) is 27.9. The number of nitrogens with zero attached hydrogens (tertiary/aromatic N) is 1. The van der Waals surface area contributed by atoms with Gasteiger partial charge < -0.3 is 14.5 Å². The first-order chi connectivity index (χ1) is 12.7. The molecule has 8 heteroatoms. The van der Waals surface area contributed by atoms with Gasteiger partial charge in [-0.25, -0.2) is 9.69 Å². The van der Waals surface area contributed by atoms with E-state index in [1.54, 1.807) is 6.92 Å². The molecule has 0 aromatic rings. The van der Waals surface area contributed by atoms with Crippen molar-refractivity contribution in [1.82, 2.24) is 10.2 Å². The summed E-state index contributed by atoms with van der Waals surface area (Å²) >= 11 is 0. The molecular weight excluding hydrogens is 376 g/mol. The Morgan fingerprint density at radius 3 is 2.25 bits per heavy atom. The lowest BCUT2D eigenvalue weighted by molar-refractivity contribution is -0.147. The first-order valence-corrected chi connectivity index (χ1v) is 13.1. The van der Waals surface area contributed by atoms with Gasteiger partial charge in [0.2, 0.25) is 11.8 Å². The molecular formula is C20H36N2O5Si. The van der Waals surface area contributed by atoms with Gasteiger partial charge >= 0.3 is 6.09 Å². The molecule has 2 heterocycles. The van der Waals surface area contributed by atoms with E-state index in [1.807, 2.05) is 20.8 Å². The summed E-state index contributed by atoms with van der Waals surface area (Å²) in [4.78, 5) is 38.7. The maximum absolute atomic E-state index is 13.1. The van der Waals surface area contributed by atoms with Crippen molar-refractivity contribution in [2.24, 2.45) is 17.8 Å². The largest absolute Gasteiger partial charge is 0.447 e. The molecule has 2 aliphatic rings. The Balaban J connectivity index is 2.13. The van der Waals surface area contributed by atoms with Gasteiger partial charge in [0.15, 0.2) is 8.32 Å². The average molecular weight is 413 g/mol. The molecule has 0 aliphatic carbocycles. The Bertz CT molecular complexity index is 643. The summed E-state index contributed by atoms with van der Waals surface area (Å²) in [5.74, 6) is -1.21. The molecule has 0 aromatic carbocycles. The van der Waals surface area contributed by atoms with E-state index in [2.05, 4.69) is 39.2 Å². The summed E-state index contributed by atoms with van der Waals surface area (Å²) in [6.07, 6.45) is -0.885. The maximum Gasteiger partial charge on any atom is 0.416 e. The molecule has 2 saturated heterocycles. The van der Waals surface area contributed by atoms with E-state index in [0.29, 0.717) is 0 Å². The number of imide groups is 1. The number of rotatable bonds is 6. The molecule has 1 N–H and O–H groups in total. The molecule has 5 atom stereocenters. The molecule has 0 saturated carbocycles. The minimum absolute atomic E-state index is 0.0300. The zero-order chi connectivity index (χ0) is 21.6. The summed E-state index contributed by atoms with van der Waals surface area (Å²) in [6.45, 7) is 18.6. The van der Waals surface area contributed by atoms with Gasteiger partial charge in [0, 0.05) is 0 Å². The second-order valence-electron chi connectivity index (χ2n) is 10.0. The van der Waals surface area contributed by atoms with E-state index in [-0.39, 0.29) is 47.6 Å². The second kappa shape index (κ2) is 7.78. The van der Waals surface area contributed by atoms with E-state index < -0.39 is 26.2 Å². The van der Waals surface area contributed by atoms with Crippen LogP contribution in [0, 0.1) is 17.8 Å². The third kappa shape index (κ3) is 4.12. The van der Waals surface area contributed by atoms with Crippen LogP contribution in [0.4, 0.5) is 4.79 Å². The third-order valence-corrected chi connectivity index (χ3v) is 11.2. The molecule has 2 rings (SSSR count). The zero-order valence-corrected chi connectivity index (χ0v) is 19.7. The molecule has 0 bridgehead atoms. The Labute approximate surface area is 169 Å². The van der Waals surface area contributed by atoms with Gasteiger partial charge in [-0.2, -0.15) is 0 Å². The van der Waals surface area contributed by atoms with Crippen molar-refractivity contribution >= 4 is 26.2 Å². The van der Waals surface area contributed by atoms with Gasteiger partial charge in [-0.1, -0.05) is 41.5 Å². The molecule has 2 unspecified atom stereocenters. The highest BCUT2D eigenvalue weighted by molar-refractivity contribution is 6.74. The minimum Gasteiger partial charge on any atom is -0.447 e. The highest BCUT2D eigenvalue weighted by Gasteiger charge is 2.52. The maximum atomic E-state index is 13.1. The molecule has 0 aromatic heterocycles. The molecule has 3 amide bonds. The summed E-state index contributed by atoms with van der Waals surface area (Å²) in [5, 5.41) is 2.89. The fourth-order valence-corrected chi connectivity index (χ4v) is 5.06. The summed E-state index contributed by atoms with van der Waals surface area (Å²) in [7, 11) is -2.05. The van der Waals surface area contributed by atoms with E-state index >= 15 is 0 Å². The number of hydrogen-bond acceptors (Lipinski definition) is 5. The first-order valence-electron chi connectivity index (χ1n) is 10.2. The van der Waals surface area contributed by atoms with Gasteiger partial charge in [-0.3, -0.25) is 9.59 Å². The Morgan fingerprint density at radius 1 is 1.21 bits per heavy atom. The van der Waals surface area contributed by atoms with Gasteiger partial charge in [-0.15, -0.1) is 0 Å². The van der Waals surface area contributed by atoms with Crippen LogP contribution in [0.2, 0.25) is 18.1 Å². The van der Waals surface area contributed by atoms with Crippen LogP contribution in [-0.4, -0.2) is 55.9 Å². The van der Waals surface area contributed by atoms with E-state index in [1.165, 1.54) is 4.90 Å². The van der Waals surface area contributed by atoms with Crippen LogP contribution in [0.25, 0.3) is 0 Å². The van der Waals surface area contributed by atoms with Crippen LogP contribution >= 0.6 is 0 Å². The van der Waals surface area contributed by atoms with Gasteiger partial charge in [0.1, 0.15) is 6.61 Å². The highest BCUT2D eigenvalue weighted by atomic mass is 28.4. The van der Waals surface area contributed by atoms with E-state index in [4.69, 9.17) is 9.16 Å². The zero-order valence-electron chi connectivity index (χ0n) is 18.7. The number of ether oxygens (including phenoxy) is 1. The molecule has 7 nitrogen and oxygen atoms in total. The van der Waals surface area contributed by atoms with Crippen LogP contribution in [0.1, 0.15) is 48.5 Å². The Kier molecular flexibility index (Phi) is 6.36. The number of β-lactam (4-membered cyclic amide) rings is 1. The van der Waals surface area contributed by atoms with Gasteiger partial charge in [0.25, 0.3) is 0 Å². The lowest BCUT2D eigenvalue weighted by atomic mass is 9.78. The van der Waals surface area contributed by atoms with Crippen LogP contribution in [0.3, 0.4) is 0 Å². The van der Waals surface area contributed by atoms with Crippen LogP contribution < -0.4 is 5.32 Å². The second-order valence-corrected chi connectivity index (χ2v) is 14.8. The molecule has 0 radical (unpaired) electrons. The van der Waals surface area contributed by atoms with Crippen molar-refractivity contribution < 1.29 is 23.5 Å². The van der Waals surface area contributed by atoms with E-state index in [9.17, 15) is 14.4 Å². The van der Waals surface area contributed by atoms with Crippen molar-refractivity contribution in [2.45, 2.75) is 84.8 Å². The Hall–Kier alpha value is -1.41. The number of carbonyl (C=O) groups is 3. The van der Waals surface area contributed by atoms with Crippen LogP contribution in [0.5, 0.6) is 0 Å². The predicted molar refractivity (Wildman–Crippen MR) is 109 cm³/mol. The summed E-state index contributed by atoms with van der Waals surface area (Å²) in [5.41, 5.74) is 0. The third-order valence-electron chi connectivity index (χ3n) is 6.63. The molecule has 2 aliphatic heterocycles. The van der Waals surface area contributed by atoms with Crippen molar-refractivity contribution in [3.63, 3.8) is 0 Å². The lowest BCUT2D eigenvalue weighted by Crippen LogP contribution is -2.67. The quantitative estimate of drug-likeness (QED) is 0.535. The summed E-state index contributed by atoms with van der Waals surface area (Å²) in [6, 6.07) is -0.612. The van der Waals surface area contributed by atoms with Gasteiger partial charge in [0.05, 0.1) is 30.0 Å². The molecule has 28 heavy (non-hydrogen) atoms. The van der Waals surface area contributed by atoms with Gasteiger partial charge in [-0.05, 0) is 31.0 Å². The molecule has 160 valence electrons. The van der Waals surface area contributed by atoms with Crippen molar-refractivity contribution in [3.05, 3.63) is 0 Å². The smallest absolute Gasteiger partial charge is 0.416 e. The standard InChI is InChI=1S/C20H36N2O5Si/c1-11(2)14-10-26-19(25)22(14)18(24)12(3)16-15(17(23)21-16)13(4)27-28(8,9)20(5,6)7/h11-16H,10H2,1-9H3,(H,21,23)/t12-,13-,14-,15?,16?/m1/s1. The number of cyclic esters (lactones) is 1. The van der Waals surface area contributed by atoms with Crippen LogP contribution in [0.15, 0.2) is 0 Å². The topological polar surface area (TPSA) is 84.9 Å². The van der Waals surface area contributed by atoms with Crippen LogP contribution in [-0.2, 0) is 18.8 Å². The lowest BCUT2D eigenvalue weighted by Gasteiger charge is -2.47. The Morgan fingerprint density at radius 2 is 1.79 bits per heavy atom. The number of carbonyl (C=O) groups excluding carboxylic acids is 3. The van der Waals surface area contributed by atoms with Crippen molar-refractivity contribution in [1.29, 1.82) is 0 Å². The van der Waals surface area contributed by atoms with Crippen molar-refractivity contribution in [3.8, 4) is 0 Å².